The molecule has 0 aromatic heterocycles. The molecule has 2 heterocycles. The fourth-order valence-corrected chi connectivity index (χ4v) is 7.62. The summed E-state index contributed by atoms with van der Waals surface area (Å²) >= 11 is 0. The van der Waals surface area contributed by atoms with Crippen LogP contribution in [0.1, 0.15) is 53.4 Å². The van der Waals surface area contributed by atoms with E-state index < -0.39 is 9.84 Å². The van der Waals surface area contributed by atoms with Crippen molar-refractivity contribution in [3.8, 4) is 0 Å². The molecule has 1 unspecified atom stereocenters. The van der Waals surface area contributed by atoms with Crippen molar-refractivity contribution in [2.75, 3.05) is 55.7 Å². The standard InChI is InChI=1S/C36H46FN3O3S/c1-27(2)22-29-8-11-33(12-9-29)36(41)40-16-14-39(15-17-40)35-13-10-32(25-34(35)37)24-28(3)23-30-4-6-31(7-5-30)26-38-18-20-44(42,43)21-19-38/h4-13,25,27-28H,14-24,26H2,1-3H3. The average Bonchev–Trinajstić information content (AvgIpc) is 2.99. The van der Waals surface area contributed by atoms with Gasteiger partial charge in [0.25, 0.3) is 5.91 Å². The Morgan fingerprint density at radius 1 is 0.727 bits per heavy atom. The first-order valence-corrected chi connectivity index (χ1v) is 17.8. The molecule has 2 saturated heterocycles. The summed E-state index contributed by atoms with van der Waals surface area (Å²) in [5, 5.41) is 0. The number of hydrogen-bond acceptors (Lipinski definition) is 5. The van der Waals surface area contributed by atoms with Gasteiger partial charge >= 0.3 is 0 Å². The van der Waals surface area contributed by atoms with Crippen LogP contribution in [0.4, 0.5) is 10.1 Å². The fraction of sp³-hybridized carbons (Fsp3) is 0.472. The quantitative estimate of drug-likeness (QED) is 0.294. The van der Waals surface area contributed by atoms with Crippen LogP contribution in [0.25, 0.3) is 0 Å². The number of rotatable bonds is 10. The Bertz CT molecular complexity index is 1500. The summed E-state index contributed by atoms with van der Waals surface area (Å²) in [5.74, 6) is 1.26. The summed E-state index contributed by atoms with van der Waals surface area (Å²) in [5.41, 5.74) is 6.00. The molecular weight excluding hydrogens is 573 g/mol. The van der Waals surface area contributed by atoms with E-state index >= 15 is 4.39 Å². The molecule has 2 fully saturated rings. The number of amides is 1. The number of hydrogen-bond donors (Lipinski definition) is 0. The van der Waals surface area contributed by atoms with Gasteiger partial charge in [-0.25, -0.2) is 12.8 Å². The highest BCUT2D eigenvalue weighted by molar-refractivity contribution is 7.91. The molecule has 1 amide bonds. The second-order valence-corrected chi connectivity index (χ2v) is 15.4. The highest BCUT2D eigenvalue weighted by Crippen LogP contribution is 2.25. The van der Waals surface area contributed by atoms with Gasteiger partial charge in [0.1, 0.15) is 5.82 Å². The minimum absolute atomic E-state index is 0.0415. The Labute approximate surface area is 262 Å². The van der Waals surface area contributed by atoms with Gasteiger partial charge in [0.2, 0.25) is 0 Å². The van der Waals surface area contributed by atoms with E-state index in [-0.39, 0.29) is 23.2 Å². The zero-order valence-electron chi connectivity index (χ0n) is 26.3. The molecule has 2 aliphatic rings. The first kappa shape index (κ1) is 32.2. The van der Waals surface area contributed by atoms with Crippen LogP contribution in [0.5, 0.6) is 0 Å². The third-order valence-corrected chi connectivity index (χ3v) is 10.4. The van der Waals surface area contributed by atoms with Crippen LogP contribution in [-0.4, -0.2) is 74.9 Å². The van der Waals surface area contributed by atoms with E-state index in [9.17, 15) is 13.2 Å². The second kappa shape index (κ2) is 14.2. The Kier molecular flexibility index (Phi) is 10.4. The molecule has 2 aliphatic heterocycles. The normalized spacial score (nSPS) is 18.0. The van der Waals surface area contributed by atoms with E-state index in [2.05, 4.69) is 49.9 Å². The summed E-state index contributed by atoms with van der Waals surface area (Å²) < 4.78 is 38.6. The van der Waals surface area contributed by atoms with Gasteiger partial charge in [-0.3, -0.25) is 9.69 Å². The van der Waals surface area contributed by atoms with Crippen LogP contribution in [0, 0.1) is 17.7 Å². The molecule has 0 saturated carbocycles. The summed E-state index contributed by atoms with van der Waals surface area (Å²) in [6, 6.07) is 22.1. The minimum atomic E-state index is -2.86. The lowest BCUT2D eigenvalue weighted by Crippen LogP contribution is -2.49. The van der Waals surface area contributed by atoms with Crippen molar-refractivity contribution in [3.63, 3.8) is 0 Å². The van der Waals surface area contributed by atoms with Crippen molar-refractivity contribution >= 4 is 21.4 Å². The zero-order chi connectivity index (χ0) is 31.3. The highest BCUT2D eigenvalue weighted by Gasteiger charge is 2.24. The Morgan fingerprint density at radius 3 is 1.89 bits per heavy atom. The van der Waals surface area contributed by atoms with Crippen molar-refractivity contribution in [2.45, 2.75) is 46.6 Å². The molecule has 0 N–H and O–H groups in total. The maximum absolute atomic E-state index is 15.3. The van der Waals surface area contributed by atoms with Gasteiger partial charge in [-0.2, -0.15) is 0 Å². The SMILES string of the molecule is CC(C)Cc1ccc(C(=O)N2CCN(c3ccc(CC(C)Cc4ccc(CN5CCS(=O)(=O)CC5)cc4)cc3F)CC2)cc1. The van der Waals surface area contributed by atoms with Gasteiger partial charge in [-0.1, -0.05) is 63.2 Å². The summed E-state index contributed by atoms with van der Waals surface area (Å²) in [4.78, 5) is 19.2. The number of benzene rings is 3. The van der Waals surface area contributed by atoms with E-state index in [1.54, 1.807) is 6.07 Å². The van der Waals surface area contributed by atoms with Crippen molar-refractivity contribution in [2.24, 2.45) is 11.8 Å². The lowest BCUT2D eigenvalue weighted by Gasteiger charge is -2.36. The molecule has 3 aromatic rings. The Morgan fingerprint density at radius 2 is 1.27 bits per heavy atom. The molecule has 8 heteroatoms. The molecule has 236 valence electrons. The lowest BCUT2D eigenvalue weighted by molar-refractivity contribution is 0.0746. The summed E-state index contributed by atoms with van der Waals surface area (Å²) in [6.07, 6.45) is 2.70. The fourth-order valence-electron chi connectivity index (χ4n) is 6.35. The minimum Gasteiger partial charge on any atom is -0.366 e. The molecular formula is C36H46FN3O3S. The largest absolute Gasteiger partial charge is 0.366 e. The zero-order valence-corrected chi connectivity index (χ0v) is 27.2. The van der Waals surface area contributed by atoms with Crippen molar-refractivity contribution in [1.29, 1.82) is 0 Å². The summed E-state index contributed by atoms with van der Waals surface area (Å²) in [7, 11) is -2.86. The lowest BCUT2D eigenvalue weighted by atomic mass is 9.93. The molecule has 6 nitrogen and oxygen atoms in total. The number of halogens is 1. The number of nitrogens with zero attached hydrogens (tertiary/aromatic N) is 3. The molecule has 3 aromatic carbocycles. The molecule has 44 heavy (non-hydrogen) atoms. The van der Waals surface area contributed by atoms with Gasteiger partial charge in [0, 0.05) is 51.4 Å². The van der Waals surface area contributed by atoms with Gasteiger partial charge in [-0.15, -0.1) is 0 Å². The Hall–Kier alpha value is -3.23. The van der Waals surface area contributed by atoms with Gasteiger partial charge in [0.05, 0.1) is 17.2 Å². The van der Waals surface area contributed by atoms with E-state index in [0.29, 0.717) is 62.4 Å². The van der Waals surface area contributed by atoms with E-state index in [1.165, 1.54) is 16.7 Å². The van der Waals surface area contributed by atoms with Crippen LogP contribution < -0.4 is 4.90 Å². The highest BCUT2D eigenvalue weighted by atomic mass is 32.2. The Balaban J connectivity index is 1.09. The van der Waals surface area contributed by atoms with Crippen LogP contribution in [-0.2, 0) is 35.6 Å². The first-order chi connectivity index (χ1) is 21.0. The number of carbonyl (C=O) groups is 1. The third kappa shape index (κ3) is 8.69. The van der Waals surface area contributed by atoms with E-state index in [0.717, 1.165) is 31.4 Å². The monoisotopic (exact) mass is 619 g/mol. The second-order valence-electron chi connectivity index (χ2n) is 13.1. The van der Waals surface area contributed by atoms with Crippen LogP contribution in [0.2, 0.25) is 0 Å². The third-order valence-electron chi connectivity index (χ3n) is 8.80. The predicted octanol–water partition coefficient (Wildman–Crippen LogP) is 5.64. The van der Waals surface area contributed by atoms with Gasteiger partial charge in [0.15, 0.2) is 9.84 Å². The smallest absolute Gasteiger partial charge is 0.253 e. The molecule has 0 bridgehead atoms. The van der Waals surface area contributed by atoms with E-state index in [1.807, 2.05) is 46.2 Å². The number of carbonyl (C=O) groups excluding carboxylic acids is 1. The predicted molar refractivity (Wildman–Crippen MR) is 176 cm³/mol. The number of sulfone groups is 1. The maximum atomic E-state index is 15.3. The van der Waals surface area contributed by atoms with Crippen molar-refractivity contribution in [1.82, 2.24) is 9.80 Å². The molecule has 0 spiro atoms. The molecule has 0 aliphatic carbocycles. The van der Waals surface area contributed by atoms with Gasteiger partial charge < -0.3 is 9.80 Å². The topological polar surface area (TPSA) is 60.9 Å². The first-order valence-electron chi connectivity index (χ1n) is 16.0. The van der Waals surface area contributed by atoms with E-state index in [4.69, 9.17) is 0 Å². The van der Waals surface area contributed by atoms with Crippen molar-refractivity contribution in [3.05, 3.63) is 100 Å². The van der Waals surface area contributed by atoms with Crippen LogP contribution >= 0.6 is 0 Å². The summed E-state index contributed by atoms with van der Waals surface area (Å²) in [6.45, 7) is 10.9. The molecule has 1 atom stereocenters. The molecule has 0 radical (unpaired) electrons. The average molecular weight is 620 g/mol. The van der Waals surface area contributed by atoms with Crippen LogP contribution in [0.3, 0.4) is 0 Å². The number of anilines is 1. The van der Waals surface area contributed by atoms with Gasteiger partial charge in [-0.05, 0) is 77.6 Å². The molecule has 5 rings (SSSR count). The van der Waals surface area contributed by atoms with Crippen LogP contribution in [0.15, 0.2) is 66.7 Å². The maximum Gasteiger partial charge on any atom is 0.253 e. The number of piperazine rings is 1. The van der Waals surface area contributed by atoms with Crippen molar-refractivity contribution < 1.29 is 17.6 Å².